The number of aliphatic hydroxyl groups excluding tert-OH is 1. The summed E-state index contributed by atoms with van der Waals surface area (Å²) in [5, 5.41) is 9.19. The van der Waals surface area contributed by atoms with Gasteiger partial charge in [0, 0.05) is 17.5 Å². The topological polar surface area (TPSA) is 40.5 Å². The van der Waals surface area contributed by atoms with Gasteiger partial charge in [0.1, 0.15) is 0 Å². The van der Waals surface area contributed by atoms with Crippen LogP contribution in [0.3, 0.4) is 0 Å². The Balaban J connectivity index is 2.23. The molecular formula is C15H19F2NO2S. The lowest BCUT2D eigenvalue weighted by Crippen LogP contribution is -2.41. The Morgan fingerprint density at radius 2 is 2.00 bits per heavy atom. The Bertz CT molecular complexity index is 478. The van der Waals surface area contributed by atoms with Crippen LogP contribution in [0.1, 0.15) is 36.0 Å². The van der Waals surface area contributed by atoms with E-state index in [9.17, 15) is 18.7 Å². The molecule has 6 heteroatoms. The van der Waals surface area contributed by atoms with Gasteiger partial charge in [0.15, 0.2) is 0 Å². The van der Waals surface area contributed by atoms with E-state index in [1.165, 1.54) is 6.07 Å². The first-order chi connectivity index (χ1) is 10.1. The maximum atomic E-state index is 12.7. The van der Waals surface area contributed by atoms with Crippen molar-refractivity contribution in [1.82, 2.24) is 4.90 Å². The van der Waals surface area contributed by atoms with Gasteiger partial charge >= 0.3 is 0 Å². The average Bonchev–Trinajstić information content (AvgIpc) is 2.98. The van der Waals surface area contributed by atoms with Crippen molar-refractivity contribution in [3.05, 3.63) is 29.8 Å². The number of carbonyl (C=O) groups is 1. The van der Waals surface area contributed by atoms with Crippen LogP contribution in [0.5, 0.6) is 0 Å². The maximum Gasteiger partial charge on any atom is 0.288 e. The van der Waals surface area contributed by atoms with E-state index in [0.717, 1.165) is 25.7 Å². The van der Waals surface area contributed by atoms with Crippen molar-refractivity contribution in [3.8, 4) is 0 Å². The fourth-order valence-corrected chi connectivity index (χ4v) is 3.40. The standard InChI is InChI=1S/C15H19F2NO2S/c16-15(17)21-13-8-4-3-7-12(13)14(20)18(9-10-19)11-5-1-2-6-11/h3-4,7-8,11,15,19H,1-2,5-6,9-10H2. The number of halogens is 2. The zero-order valence-corrected chi connectivity index (χ0v) is 12.5. The number of carbonyl (C=O) groups excluding carboxylic acids is 1. The second-order valence-corrected chi connectivity index (χ2v) is 6.07. The van der Waals surface area contributed by atoms with Crippen molar-refractivity contribution in [3.63, 3.8) is 0 Å². The van der Waals surface area contributed by atoms with Gasteiger partial charge in [0.05, 0.1) is 12.2 Å². The van der Waals surface area contributed by atoms with Crippen molar-refractivity contribution in [2.24, 2.45) is 0 Å². The van der Waals surface area contributed by atoms with E-state index in [2.05, 4.69) is 0 Å². The zero-order valence-electron chi connectivity index (χ0n) is 11.7. The van der Waals surface area contributed by atoms with Gasteiger partial charge in [0.2, 0.25) is 0 Å². The molecule has 116 valence electrons. The molecule has 0 unspecified atom stereocenters. The minimum Gasteiger partial charge on any atom is -0.395 e. The SMILES string of the molecule is O=C(c1ccccc1SC(F)F)N(CCO)C1CCCC1. The van der Waals surface area contributed by atoms with Crippen LogP contribution in [0.15, 0.2) is 29.2 Å². The third-order valence-electron chi connectivity index (χ3n) is 3.70. The molecule has 1 N–H and O–H groups in total. The number of hydrogen-bond donors (Lipinski definition) is 1. The predicted octanol–water partition coefficient (Wildman–Crippen LogP) is 3.38. The summed E-state index contributed by atoms with van der Waals surface area (Å²) in [5.74, 6) is -2.82. The Hall–Kier alpha value is -1.14. The van der Waals surface area contributed by atoms with Crippen LogP contribution < -0.4 is 0 Å². The minimum absolute atomic E-state index is 0.106. The van der Waals surface area contributed by atoms with Gasteiger partial charge in [-0.25, -0.2) is 0 Å². The summed E-state index contributed by atoms with van der Waals surface area (Å²) in [5.41, 5.74) is 0.295. The van der Waals surface area contributed by atoms with Gasteiger partial charge < -0.3 is 10.0 Å². The summed E-state index contributed by atoms with van der Waals surface area (Å²) in [6.07, 6.45) is 3.95. The number of amides is 1. The van der Waals surface area contributed by atoms with Crippen LogP contribution >= 0.6 is 11.8 Å². The van der Waals surface area contributed by atoms with Crippen LogP contribution in [0.4, 0.5) is 8.78 Å². The molecule has 2 rings (SSSR count). The molecule has 0 radical (unpaired) electrons. The van der Waals surface area contributed by atoms with E-state index in [-0.39, 0.29) is 25.1 Å². The summed E-state index contributed by atoms with van der Waals surface area (Å²) < 4.78 is 25.2. The molecule has 3 nitrogen and oxygen atoms in total. The van der Waals surface area contributed by atoms with Gasteiger partial charge in [0.25, 0.3) is 11.7 Å². The second kappa shape index (κ2) is 7.75. The van der Waals surface area contributed by atoms with Gasteiger partial charge in [-0.15, -0.1) is 0 Å². The van der Waals surface area contributed by atoms with E-state index in [4.69, 9.17) is 0 Å². The van der Waals surface area contributed by atoms with Crippen molar-refractivity contribution in [1.29, 1.82) is 0 Å². The van der Waals surface area contributed by atoms with E-state index in [0.29, 0.717) is 22.2 Å². The first kappa shape index (κ1) is 16.2. The Labute approximate surface area is 127 Å². The Morgan fingerprint density at radius 1 is 1.33 bits per heavy atom. The molecule has 0 bridgehead atoms. The van der Waals surface area contributed by atoms with Crippen LogP contribution in [0.2, 0.25) is 0 Å². The molecule has 21 heavy (non-hydrogen) atoms. The smallest absolute Gasteiger partial charge is 0.288 e. The molecule has 1 aromatic carbocycles. The number of alkyl halides is 2. The highest BCUT2D eigenvalue weighted by Gasteiger charge is 2.28. The highest BCUT2D eigenvalue weighted by atomic mass is 32.2. The number of aliphatic hydroxyl groups is 1. The van der Waals surface area contributed by atoms with E-state index >= 15 is 0 Å². The van der Waals surface area contributed by atoms with Crippen LogP contribution in [-0.2, 0) is 0 Å². The number of hydrogen-bond acceptors (Lipinski definition) is 3. The second-order valence-electron chi connectivity index (χ2n) is 5.04. The molecule has 1 saturated carbocycles. The molecule has 0 heterocycles. The predicted molar refractivity (Wildman–Crippen MR) is 78.7 cm³/mol. The Morgan fingerprint density at radius 3 is 2.62 bits per heavy atom. The highest BCUT2D eigenvalue weighted by molar-refractivity contribution is 7.99. The van der Waals surface area contributed by atoms with Crippen molar-refractivity contribution in [2.75, 3.05) is 13.2 Å². The molecule has 0 aromatic heterocycles. The fraction of sp³-hybridized carbons (Fsp3) is 0.533. The fourth-order valence-electron chi connectivity index (χ4n) is 2.77. The average molecular weight is 315 g/mol. The van der Waals surface area contributed by atoms with Crippen LogP contribution in [0, 0.1) is 0 Å². The summed E-state index contributed by atoms with van der Waals surface area (Å²) in [4.78, 5) is 14.6. The van der Waals surface area contributed by atoms with E-state index < -0.39 is 5.76 Å². The van der Waals surface area contributed by atoms with E-state index in [1.807, 2.05) is 0 Å². The lowest BCUT2D eigenvalue weighted by Gasteiger charge is -2.29. The van der Waals surface area contributed by atoms with Gasteiger partial charge in [-0.1, -0.05) is 36.7 Å². The number of benzene rings is 1. The Kier molecular flexibility index (Phi) is 5.99. The largest absolute Gasteiger partial charge is 0.395 e. The third kappa shape index (κ3) is 4.17. The molecule has 1 aliphatic carbocycles. The lowest BCUT2D eigenvalue weighted by atomic mass is 10.1. The molecule has 1 aromatic rings. The highest BCUT2D eigenvalue weighted by Crippen LogP contribution is 2.31. The summed E-state index contributed by atoms with van der Waals surface area (Å²) >= 11 is 0.388. The molecular weight excluding hydrogens is 296 g/mol. The minimum atomic E-state index is -2.56. The monoisotopic (exact) mass is 315 g/mol. The molecule has 0 atom stereocenters. The molecule has 1 amide bonds. The normalized spacial score (nSPS) is 15.6. The van der Waals surface area contributed by atoms with Gasteiger partial charge in [-0.05, 0) is 25.0 Å². The number of thioether (sulfide) groups is 1. The van der Waals surface area contributed by atoms with Crippen LogP contribution in [-0.4, -0.2) is 40.9 Å². The lowest BCUT2D eigenvalue weighted by molar-refractivity contribution is 0.0634. The molecule has 0 saturated heterocycles. The molecule has 0 aliphatic heterocycles. The number of nitrogens with zero attached hydrogens (tertiary/aromatic N) is 1. The first-order valence-electron chi connectivity index (χ1n) is 7.09. The number of rotatable bonds is 6. The molecule has 1 fully saturated rings. The van der Waals surface area contributed by atoms with Crippen molar-refractivity contribution < 1.29 is 18.7 Å². The van der Waals surface area contributed by atoms with Crippen molar-refractivity contribution >= 4 is 17.7 Å². The summed E-state index contributed by atoms with van der Waals surface area (Å²) in [6.45, 7) is 0.129. The van der Waals surface area contributed by atoms with Gasteiger partial charge in [-0.3, -0.25) is 4.79 Å². The van der Waals surface area contributed by atoms with E-state index in [1.54, 1.807) is 23.1 Å². The van der Waals surface area contributed by atoms with Crippen molar-refractivity contribution in [2.45, 2.75) is 42.4 Å². The molecule has 0 spiro atoms. The summed E-state index contributed by atoms with van der Waals surface area (Å²) in [7, 11) is 0. The van der Waals surface area contributed by atoms with Gasteiger partial charge in [-0.2, -0.15) is 8.78 Å². The quantitative estimate of drug-likeness (QED) is 0.818. The zero-order chi connectivity index (χ0) is 15.2. The molecule has 1 aliphatic rings. The first-order valence-corrected chi connectivity index (χ1v) is 7.97. The third-order valence-corrected chi connectivity index (χ3v) is 4.49. The van der Waals surface area contributed by atoms with Crippen LogP contribution in [0.25, 0.3) is 0 Å². The maximum absolute atomic E-state index is 12.7. The summed E-state index contributed by atoms with van der Waals surface area (Å²) in [6, 6.07) is 6.54.